The van der Waals surface area contributed by atoms with Gasteiger partial charge in [-0.3, -0.25) is 4.79 Å². The summed E-state index contributed by atoms with van der Waals surface area (Å²) in [4.78, 5) is 11.7. The summed E-state index contributed by atoms with van der Waals surface area (Å²) < 4.78 is 5.40. The van der Waals surface area contributed by atoms with Crippen LogP contribution >= 0.6 is 0 Å². The molecule has 0 bridgehead atoms. The second-order valence-electron chi connectivity index (χ2n) is 4.59. The van der Waals surface area contributed by atoms with Crippen LogP contribution in [0.3, 0.4) is 0 Å². The summed E-state index contributed by atoms with van der Waals surface area (Å²) in [6.07, 6.45) is 0.676. The van der Waals surface area contributed by atoms with Crippen molar-refractivity contribution in [2.75, 3.05) is 13.2 Å². The molecule has 1 amide bonds. The molecule has 1 unspecified atom stereocenters. The molecule has 1 heterocycles. The lowest BCUT2D eigenvalue weighted by molar-refractivity contribution is -0.127. The molecular formula is C13H21NO3. The van der Waals surface area contributed by atoms with Crippen LogP contribution in [0, 0.1) is 18.8 Å². The van der Waals surface area contributed by atoms with Crippen molar-refractivity contribution < 1.29 is 14.3 Å². The lowest BCUT2D eigenvalue weighted by atomic mass is 9.96. The van der Waals surface area contributed by atoms with Gasteiger partial charge in [0.2, 0.25) is 5.91 Å². The van der Waals surface area contributed by atoms with Crippen molar-refractivity contribution in [2.45, 2.75) is 27.2 Å². The predicted molar refractivity (Wildman–Crippen MR) is 65.6 cm³/mol. The van der Waals surface area contributed by atoms with Gasteiger partial charge in [-0.15, -0.1) is 0 Å². The highest BCUT2D eigenvalue weighted by atomic mass is 16.3. The molecule has 2 N–H and O–H groups in total. The third-order valence-electron chi connectivity index (χ3n) is 2.80. The highest BCUT2D eigenvalue weighted by Crippen LogP contribution is 2.10. The summed E-state index contributed by atoms with van der Waals surface area (Å²) in [7, 11) is 0. The number of carbonyl (C=O) groups is 1. The van der Waals surface area contributed by atoms with Crippen molar-refractivity contribution in [3.8, 4) is 0 Å². The number of carbonyl (C=O) groups excluding carboxylic acids is 1. The fourth-order valence-corrected chi connectivity index (χ4v) is 1.66. The molecule has 0 saturated heterocycles. The van der Waals surface area contributed by atoms with E-state index >= 15 is 0 Å². The average Bonchev–Trinajstić information content (AvgIpc) is 2.64. The average molecular weight is 239 g/mol. The first-order valence-electron chi connectivity index (χ1n) is 5.98. The van der Waals surface area contributed by atoms with Gasteiger partial charge in [-0.1, -0.05) is 13.8 Å². The molecule has 1 aromatic rings. The number of nitrogens with one attached hydrogen (secondary N) is 1. The third-order valence-corrected chi connectivity index (χ3v) is 2.80. The first kappa shape index (κ1) is 13.8. The topological polar surface area (TPSA) is 62.5 Å². The Bertz CT molecular complexity index is 357. The van der Waals surface area contributed by atoms with Gasteiger partial charge in [0, 0.05) is 13.0 Å². The first-order chi connectivity index (χ1) is 8.04. The van der Waals surface area contributed by atoms with Crippen LogP contribution < -0.4 is 5.32 Å². The number of hydrogen-bond donors (Lipinski definition) is 2. The summed E-state index contributed by atoms with van der Waals surface area (Å²) in [5.74, 6) is 1.47. The van der Waals surface area contributed by atoms with E-state index in [2.05, 4.69) is 5.32 Å². The Labute approximate surface area is 102 Å². The monoisotopic (exact) mass is 239 g/mol. The molecule has 0 aliphatic carbocycles. The van der Waals surface area contributed by atoms with E-state index in [-0.39, 0.29) is 24.3 Å². The number of aliphatic hydroxyl groups excluding tert-OH is 1. The number of furan rings is 1. The van der Waals surface area contributed by atoms with Crippen molar-refractivity contribution in [3.63, 3.8) is 0 Å². The zero-order chi connectivity index (χ0) is 12.8. The Balaban J connectivity index is 2.33. The molecule has 0 aromatic carbocycles. The molecule has 96 valence electrons. The van der Waals surface area contributed by atoms with Crippen LogP contribution in [0.5, 0.6) is 0 Å². The van der Waals surface area contributed by atoms with Gasteiger partial charge < -0.3 is 14.8 Å². The normalized spacial score (nSPS) is 12.8. The zero-order valence-electron chi connectivity index (χ0n) is 10.7. The molecule has 4 nitrogen and oxygen atoms in total. The number of amides is 1. The minimum atomic E-state index is -0.326. The maximum absolute atomic E-state index is 11.7. The second kappa shape index (κ2) is 6.45. The minimum Gasteiger partial charge on any atom is -0.466 e. The van der Waals surface area contributed by atoms with E-state index in [0.717, 1.165) is 11.5 Å². The quantitative estimate of drug-likeness (QED) is 0.791. The Kier molecular flexibility index (Phi) is 5.22. The predicted octanol–water partition coefficient (Wildman–Crippen LogP) is 1.51. The van der Waals surface area contributed by atoms with Gasteiger partial charge >= 0.3 is 0 Å². The smallest absolute Gasteiger partial charge is 0.225 e. The van der Waals surface area contributed by atoms with Crippen LogP contribution in [0.15, 0.2) is 16.5 Å². The van der Waals surface area contributed by atoms with Crippen molar-refractivity contribution in [1.29, 1.82) is 0 Å². The van der Waals surface area contributed by atoms with Gasteiger partial charge in [-0.05, 0) is 25.0 Å². The van der Waals surface area contributed by atoms with E-state index < -0.39 is 0 Å². The Morgan fingerprint density at radius 2 is 2.18 bits per heavy atom. The van der Waals surface area contributed by atoms with Gasteiger partial charge in [0.25, 0.3) is 0 Å². The molecule has 1 atom stereocenters. The van der Waals surface area contributed by atoms with Gasteiger partial charge in [0.1, 0.15) is 11.5 Å². The van der Waals surface area contributed by atoms with Gasteiger partial charge in [-0.2, -0.15) is 0 Å². The molecule has 0 radical (unpaired) electrons. The first-order valence-corrected chi connectivity index (χ1v) is 5.98. The van der Waals surface area contributed by atoms with Crippen LogP contribution in [-0.4, -0.2) is 24.2 Å². The maximum atomic E-state index is 11.7. The van der Waals surface area contributed by atoms with E-state index in [0.29, 0.717) is 13.0 Å². The molecule has 1 rings (SSSR count). The summed E-state index contributed by atoms with van der Waals surface area (Å²) >= 11 is 0. The van der Waals surface area contributed by atoms with Crippen molar-refractivity contribution in [3.05, 3.63) is 23.7 Å². The van der Waals surface area contributed by atoms with Crippen LogP contribution in [0.4, 0.5) is 0 Å². The van der Waals surface area contributed by atoms with Crippen molar-refractivity contribution >= 4 is 5.91 Å². The van der Waals surface area contributed by atoms with E-state index in [1.165, 1.54) is 0 Å². The van der Waals surface area contributed by atoms with Gasteiger partial charge in [-0.25, -0.2) is 0 Å². The highest BCUT2D eigenvalue weighted by molar-refractivity contribution is 5.78. The maximum Gasteiger partial charge on any atom is 0.225 e. The van der Waals surface area contributed by atoms with Crippen molar-refractivity contribution in [2.24, 2.45) is 11.8 Å². The molecule has 4 heteroatoms. The Hall–Kier alpha value is -1.29. The van der Waals surface area contributed by atoms with E-state index in [4.69, 9.17) is 9.52 Å². The minimum absolute atomic E-state index is 0.0919. The van der Waals surface area contributed by atoms with Gasteiger partial charge in [0.05, 0.1) is 12.5 Å². The molecular weight excluding hydrogens is 218 g/mol. The van der Waals surface area contributed by atoms with Crippen molar-refractivity contribution in [1.82, 2.24) is 5.32 Å². The Morgan fingerprint density at radius 1 is 1.47 bits per heavy atom. The number of hydrogen-bond acceptors (Lipinski definition) is 3. The zero-order valence-corrected chi connectivity index (χ0v) is 10.7. The van der Waals surface area contributed by atoms with Crippen LogP contribution in [-0.2, 0) is 11.2 Å². The van der Waals surface area contributed by atoms with E-state index in [1.54, 1.807) is 0 Å². The molecule has 17 heavy (non-hydrogen) atoms. The van der Waals surface area contributed by atoms with Crippen LogP contribution in [0.1, 0.15) is 25.4 Å². The highest BCUT2D eigenvalue weighted by Gasteiger charge is 2.20. The van der Waals surface area contributed by atoms with Crippen LogP contribution in [0.2, 0.25) is 0 Å². The number of aliphatic hydroxyl groups is 1. The van der Waals surface area contributed by atoms with E-state index in [9.17, 15) is 4.79 Å². The second-order valence-corrected chi connectivity index (χ2v) is 4.59. The summed E-state index contributed by atoms with van der Waals surface area (Å²) in [6, 6.07) is 3.81. The fourth-order valence-electron chi connectivity index (χ4n) is 1.66. The van der Waals surface area contributed by atoms with E-state index in [1.807, 2.05) is 32.9 Å². The number of rotatable bonds is 6. The largest absolute Gasteiger partial charge is 0.466 e. The van der Waals surface area contributed by atoms with Crippen LogP contribution in [0.25, 0.3) is 0 Å². The summed E-state index contributed by atoms with van der Waals surface area (Å²) in [6.45, 7) is 6.17. The molecule has 0 aliphatic heterocycles. The lowest BCUT2D eigenvalue weighted by Crippen LogP contribution is -2.36. The third kappa shape index (κ3) is 4.23. The summed E-state index contributed by atoms with van der Waals surface area (Å²) in [5, 5.41) is 11.9. The molecule has 1 aromatic heterocycles. The molecule has 0 spiro atoms. The van der Waals surface area contributed by atoms with Gasteiger partial charge in [0.15, 0.2) is 0 Å². The summed E-state index contributed by atoms with van der Waals surface area (Å²) in [5.41, 5.74) is 0. The fraction of sp³-hybridized carbons (Fsp3) is 0.615. The molecule has 0 aliphatic rings. The standard InChI is InChI=1S/C13H21NO3/c1-9(2)12(8-15)13(16)14-7-6-11-5-4-10(3)17-11/h4-5,9,12,15H,6-8H2,1-3H3,(H,14,16). The lowest BCUT2D eigenvalue weighted by Gasteiger charge is -2.17. The number of aryl methyl sites for hydroxylation is 1. The molecule has 0 saturated carbocycles. The Morgan fingerprint density at radius 3 is 2.65 bits per heavy atom. The molecule has 0 fully saturated rings. The SMILES string of the molecule is Cc1ccc(CCNC(=O)C(CO)C(C)C)o1.